The summed E-state index contributed by atoms with van der Waals surface area (Å²) in [4.78, 5) is 41.7. The Morgan fingerprint density at radius 2 is 1.46 bits per heavy atom. The second kappa shape index (κ2) is 12.8. The minimum absolute atomic E-state index is 0.00679. The summed E-state index contributed by atoms with van der Waals surface area (Å²) in [6.45, 7) is 10.7. The van der Waals surface area contributed by atoms with Crippen LogP contribution in [-0.2, 0) is 4.79 Å². The average molecular weight is 483 g/mol. The SMILES string of the molecule is CCOc1ccc(C(=O)NCC(=O)Nc2ccc(C(=O)N3CCN(CC)CC3)cc2)cc1OCC. The average Bonchev–Trinajstić information content (AvgIpc) is 2.88. The molecule has 0 saturated carbocycles. The van der Waals surface area contributed by atoms with E-state index in [2.05, 4.69) is 22.5 Å². The van der Waals surface area contributed by atoms with Gasteiger partial charge in [0.15, 0.2) is 11.5 Å². The monoisotopic (exact) mass is 482 g/mol. The van der Waals surface area contributed by atoms with Crippen LogP contribution >= 0.6 is 0 Å². The van der Waals surface area contributed by atoms with Gasteiger partial charge in [0.2, 0.25) is 5.91 Å². The first-order chi connectivity index (χ1) is 16.9. The number of carbonyl (C=O) groups excluding carboxylic acids is 3. The molecule has 3 rings (SSSR count). The van der Waals surface area contributed by atoms with Crippen molar-refractivity contribution in [1.82, 2.24) is 15.1 Å². The number of carbonyl (C=O) groups is 3. The van der Waals surface area contributed by atoms with Gasteiger partial charge in [-0.2, -0.15) is 0 Å². The maximum atomic E-state index is 12.7. The molecule has 1 saturated heterocycles. The van der Waals surface area contributed by atoms with Crippen molar-refractivity contribution in [3.8, 4) is 11.5 Å². The number of hydrogen-bond acceptors (Lipinski definition) is 6. The van der Waals surface area contributed by atoms with Crippen LogP contribution in [0.2, 0.25) is 0 Å². The molecule has 0 atom stereocenters. The lowest BCUT2D eigenvalue weighted by atomic mass is 10.1. The highest BCUT2D eigenvalue weighted by Crippen LogP contribution is 2.28. The summed E-state index contributed by atoms with van der Waals surface area (Å²) in [6, 6.07) is 11.7. The van der Waals surface area contributed by atoms with E-state index < -0.39 is 5.91 Å². The van der Waals surface area contributed by atoms with Crippen LogP contribution in [0.15, 0.2) is 42.5 Å². The van der Waals surface area contributed by atoms with Crippen molar-refractivity contribution in [3.05, 3.63) is 53.6 Å². The minimum Gasteiger partial charge on any atom is -0.490 e. The van der Waals surface area contributed by atoms with Crippen molar-refractivity contribution in [2.45, 2.75) is 20.8 Å². The van der Waals surface area contributed by atoms with Crippen LogP contribution < -0.4 is 20.1 Å². The minimum atomic E-state index is -0.395. The number of piperazine rings is 1. The fourth-order valence-corrected chi connectivity index (χ4v) is 3.81. The first-order valence-electron chi connectivity index (χ1n) is 12.0. The molecule has 9 heteroatoms. The molecular weight excluding hydrogens is 448 g/mol. The van der Waals surface area contributed by atoms with E-state index in [-0.39, 0.29) is 18.4 Å². The van der Waals surface area contributed by atoms with Crippen LogP contribution in [0.5, 0.6) is 11.5 Å². The van der Waals surface area contributed by atoms with Crippen molar-refractivity contribution >= 4 is 23.4 Å². The van der Waals surface area contributed by atoms with Crippen molar-refractivity contribution in [1.29, 1.82) is 0 Å². The summed E-state index contributed by atoms with van der Waals surface area (Å²) in [5.41, 5.74) is 1.51. The maximum Gasteiger partial charge on any atom is 0.253 e. The highest BCUT2D eigenvalue weighted by atomic mass is 16.5. The molecule has 2 N–H and O–H groups in total. The van der Waals surface area contributed by atoms with Gasteiger partial charge in [-0.05, 0) is 62.9 Å². The van der Waals surface area contributed by atoms with Crippen molar-refractivity contribution < 1.29 is 23.9 Å². The molecule has 0 aliphatic carbocycles. The van der Waals surface area contributed by atoms with Crippen LogP contribution in [0.25, 0.3) is 0 Å². The van der Waals surface area contributed by atoms with Gasteiger partial charge in [0.1, 0.15) is 0 Å². The number of rotatable bonds is 10. The zero-order valence-electron chi connectivity index (χ0n) is 20.6. The van der Waals surface area contributed by atoms with Crippen molar-refractivity contribution in [2.75, 3.05) is 57.8 Å². The van der Waals surface area contributed by atoms with E-state index in [1.807, 2.05) is 18.7 Å². The molecule has 9 nitrogen and oxygen atoms in total. The van der Waals surface area contributed by atoms with Crippen LogP contribution in [0.3, 0.4) is 0 Å². The maximum absolute atomic E-state index is 12.7. The van der Waals surface area contributed by atoms with Gasteiger partial charge >= 0.3 is 0 Å². The Morgan fingerprint density at radius 1 is 0.829 bits per heavy atom. The fraction of sp³-hybridized carbons (Fsp3) is 0.423. The molecule has 0 aromatic heterocycles. The predicted octanol–water partition coefficient (Wildman–Crippen LogP) is 2.63. The zero-order valence-corrected chi connectivity index (χ0v) is 20.6. The molecule has 1 fully saturated rings. The molecule has 0 unspecified atom stereocenters. The number of hydrogen-bond donors (Lipinski definition) is 2. The number of nitrogens with one attached hydrogen (secondary N) is 2. The molecule has 3 amide bonds. The van der Waals surface area contributed by atoms with E-state index in [1.54, 1.807) is 42.5 Å². The van der Waals surface area contributed by atoms with Gasteiger partial charge in [0, 0.05) is 43.0 Å². The Balaban J connectivity index is 1.50. The third-order valence-electron chi connectivity index (χ3n) is 5.74. The predicted molar refractivity (Wildman–Crippen MR) is 134 cm³/mol. The van der Waals surface area contributed by atoms with Gasteiger partial charge in [0.05, 0.1) is 19.8 Å². The van der Waals surface area contributed by atoms with Crippen LogP contribution in [-0.4, -0.2) is 80.0 Å². The molecule has 2 aromatic carbocycles. The molecule has 1 aliphatic heterocycles. The molecule has 0 spiro atoms. The number of likely N-dealkylation sites (N-methyl/N-ethyl adjacent to an activating group) is 1. The van der Waals surface area contributed by atoms with Gasteiger partial charge in [-0.1, -0.05) is 6.92 Å². The molecule has 188 valence electrons. The van der Waals surface area contributed by atoms with Crippen LogP contribution in [0, 0.1) is 0 Å². The summed E-state index contributed by atoms with van der Waals surface area (Å²) < 4.78 is 11.1. The fourth-order valence-electron chi connectivity index (χ4n) is 3.81. The number of anilines is 1. The first-order valence-corrected chi connectivity index (χ1v) is 12.0. The van der Waals surface area contributed by atoms with E-state index in [4.69, 9.17) is 9.47 Å². The standard InChI is InChI=1S/C26H34N4O5/c1-4-29-13-15-30(16-14-29)26(33)19-7-10-21(11-8-19)28-24(31)18-27-25(32)20-9-12-22(34-5-2)23(17-20)35-6-3/h7-12,17H,4-6,13-16,18H2,1-3H3,(H,27,32)(H,28,31). The van der Waals surface area contributed by atoms with E-state index in [0.717, 1.165) is 19.6 Å². The van der Waals surface area contributed by atoms with Gasteiger partial charge in [-0.15, -0.1) is 0 Å². The zero-order chi connectivity index (χ0) is 25.2. The van der Waals surface area contributed by atoms with Gasteiger partial charge in [0.25, 0.3) is 11.8 Å². The highest BCUT2D eigenvalue weighted by molar-refractivity contribution is 6.00. The molecule has 1 aliphatic rings. The molecule has 35 heavy (non-hydrogen) atoms. The Hall–Kier alpha value is -3.59. The quantitative estimate of drug-likeness (QED) is 0.540. The number of amides is 3. The van der Waals surface area contributed by atoms with Gasteiger partial charge in [-0.3, -0.25) is 14.4 Å². The van der Waals surface area contributed by atoms with Gasteiger partial charge in [-0.25, -0.2) is 0 Å². The summed E-state index contributed by atoms with van der Waals surface area (Å²) in [5, 5.41) is 5.34. The molecule has 0 bridgehead atoms. The number of benzene rings is 2. The lowest BCUT2D eigenvalue weighted by Gasteiger charge is -2.34. The second-order valence-electron chi connectivity index (χ2n) is 8.06. The summed E-state index contributed by atoms with van der Waals surface area (Å²) in [5.74, 6) is 0.271. The normalized spacial score (nSPS) is 13.7. The van der Waals surface area contributed by atoms with E-state index in [0.29, 0.717) is 54.6 Å². The topological polar surface area (TPSA) is 100 Å². The Labute approximate surface area is 206 Å². The highest BCUT2D eigenvalue weighted by Gasteiger charge is 2.21. The summed E-state index contributed by atoms with van der Waals surface area (Å²) in [6.07, 6.45) is 0. The Bertz CT molecular complexity index is 1020. The Kier molecular flexibility index (Phi) is 9.48. The number of nitrogens with zero attached hydrogens (tertiary/aromatic N) is 2. The summed E-state index contributed by atoms with van der Waals surface area (Å²) >= 11 is 0. The molecule has 1 heterocycles. The largest absolute Gasteiger partial charge is 0.490 e. The molecular formula is C26H34N4O5. The smallest absolute Gasteiger partial charge is 0.253 e. The molecule has 2 aromatic rings. The first kappa shape index (κ1) is 26.0. The lowest BCUT2D eigenvalue weighted by molar-refractivity contribution is -0.115. The van der Waals surface area contributed by atoms with Crippen LogP contribution in [0.4, 0.5) is 5.69 Å². The van der Waals surface area contributed by atoms with Gasteiger partial charge < -0.3 is 29.9 Å². The third kappa shape index (κ3) is 7.19. The third-order valence-corrected chi connectivity index (χ3v) is 5.74. The van der Waals surface area contributed by atoms with Crippen LogP contribution in [0.1, 0.15) is 41.5 Å². The molecule has 0 radical (unpaired) electrons. The van der Waals surface area contributed by atoms with E-state index >= 15 is 0 Å². The second-order valence-corrected chi connectivity index (χ2v) is 8.06. The number of ether oxygens (including phenoxy) is 2. The lowest BCUT2D eigenvalue weighted by Crippen LogP contribution is -2.48. The van der Waals surface area contributed by atoms with E-state index in [9.17, 15) is 14.4 Å². The van der Waals surface area contributed by atoms with Crippen molar-refractivity contribution in [2.24, 2.45) is 0 Å². The van der Waals surface area contributed by atoms with E-state index in [1.165, 1.54) is 0 Å². The Morgan fingerprint density at radius 3 is 2.09 bits per heavy atom. The van der Waals surface area contributed by atoms with Crippen molar-refractivity contribution in [3.63, 3.8) is 0 Å². The summed E-state index contributed by atoms with van der Waals surface area (Å²) in [7, 11) is 0.